The predicted octanol–water partition coefficient (Wildman–Crippen LogP) is 1.51. The maximum absolute atomic E-state index is 4.09. The number of aromatic amines is 1. The van der Waals surface area contributed by atoms with E-state index in [1.54, 1.807) is 6.20 Å². The first kappa shape index (κ1) is 4.56. The van der Waals surface area contributed by atoms with Crippen molar-refractivity contribution in [2.45, 2.75) is 0 Å². The number of fused-ring (bicyclic) bond motifs is 1. The number of nitrogens with zero attached hydrogens (tertiary/aromatic N) is 1. The van der Waals surface area contributed by atoms with Crippen LogP contribution in [0.25, 0.3) is 11.3 Å². The minimum Gasteiger partial charge on any atom is -0.366 e. The van der Waals surface area contributed by atoms with Crippen LogP contribution >= 0.6 is 0 Å². The van der Waals surface area contributed by atoms with Crippen molar-refractivity contribution in [2.75, 3.05) is 0 Å². The summed E-state index contributed by atoms with van der Waals surface area (Å²) in [5, 5.41) is 0. The van der Waals surface area contributed by atoms with E-state index in [0.717, 1.165) is 5.69 Å². The molecule has 0 aliphatic carbocycles. The summed E-state index contributed by atoms with van der Waals surface area (Å²) in [4.78, 5) is 7.05. The molecule has 1 N–H and O–H groups in total. The molecule has 0 bridgehead atoms. The Kier molecular flexibility index (Phi) is 0.803. The number of aromatic nitrogens is 2. The topological polar surface area (TPSA) is 28.7 Å². The van der Waals surface area contributed by atoms with Gasteiger partial charge in [0.25, 0.3) is 0 Å². The molecule has 0 saturated heterocycles. The highest BCUT2D eigenvalue weighted by Gasteiger charge is 1.97. The van der Waals surface area contributed by atoms with E-state index in [0.29, 0.717) is 0 Å². The molecule has 9 heavy (non-hydrogen) atoms. The van der Waals surface area contributed by atoms with Crippen LogP contribution in [-0.2, 0) is 0 Å². The molecule has 0 spiro atoms. The molecule has 2 heteroatoms. The monoisotopic (exact) mass is 118 g/mol. The zero-order chi connectivity index (χ0) is 6.10. The number of hydrogen-bond acceptors (Lipinski definition) is 1. The predicted molar refractivity (Wildman–Crippen MR) is 35.2 cm³/mol. The van der Waals surface area contributed by atoms with Crippen LogP contribution in [0.4, 0.5) is 0 Å². The summed E-state index contributed by atoms with van der Waals surface area (Å²) in [6.45, 7) is 0. The average Bonchev–Trinajstić information content (AvgIpc) is 2.33. The van der Waals surface area contributed by atoms with Crippen LogP contribution < -0.4 is 0 Å². The summed E-state index contributed by atoms with van der Waals surface area (Å²) in [6.07, 6.45) is 5.58. The van der Waals surface area contributed by atoms with Gasteiger partial charge in [-0.25, -0.2) is 0 Å². The van der Waals surface area contributed by atoms with Crippen LogP contribution in [0.1, 0.15) is 0 Å². The van der Waals surface area contributed by atoms with E-state index in [4.69, 9.17) is 0 Å². The first-order chi connectivity index (χ1) is 4.47. The fourth-order valence-electron chi connectivity index (χ4n) is 0.884. The van der Waals surface area contributed by atoms with E-state index >= 15 is 0 Å². The molecule has 2 heterocycles. The van der Waals surface area contributed by atoms with Crippen LogP contribution in [0.5, 0.6) is 0 Å². The molecule has 44 valence electrons. The van der Waals surface area contributed by atoms with Crippen molar-refractivity contribution >= 4 is 0 Å². The van der Waals surface area contributed by atoms with Crippen molar-refractivity contribution in [3.63, 3.8) is 0 Å². The normalized spacial score (nSPS) is 10.2. The molecule has 2 nitrogen and oxygen atoms in total. The van der Waals surface area contributed by atoms with Crippen LogP contribution in [-0.4, -0.2) is 9.97 Å². The van der Waals surface area contributed by atoms with Gasteiger partial charge < -0.3 is 4.98 Å². The van der Waals surface area contributed by atoms with Crippen molar-refractivity contribution < 1.29 is 0 Å². The zero-order valence-corrected chi connectivity index (χ0v) is 4.83. The third-order valence-corrected chi connectivity index (χ3v) is 1.34. The minimum absolute atomic E-state index is 1.03. The zero-order valence-electron chi connectivity index (χ0n) is 4.83. The molecule has 0 aromatic rings. The third kappa shape index (κ3) is 0.598. The van der Waals surface area contributed by atoms with Crippen LogP contribution in [0, 0.1) is 0 Å². The van der Waals surface area contributed by atoms with Crippen molar-refractivity contribution in [2.24, 2.45) is 0 Å². The lowest BCUT2D eigenvalue weighted by Gasteiger charge is -1.91. The second kappa shape index (κ2) is 1.58. The lowest BCUT2D eigenvalue weighted by atomic mass is 10.2. The highest BCUT2D eigenvalue weighted by Crippen LogP contribution is 2.15. The fraction of sp³-hybridized carbons (Fsp3) is 0. The van der Waals surface area contributed by atoms with Gasteiger partial charge in [-0.15, -0.1) is 0 Å². The van der Waals surface area contributed by atoms with Crippen LogP contribution in [0.15, 0.2) is 30.7 Å². The van der Waals surface area contributed by atoms with Gasteiger partial charge in [0.1, 0.15) is 0 Å². The van der Waals surface area contributed by atoms with Gasteiger partial charge in [0.15, 0.2) is 0 Å². The fourth-order valence-corrected chi connectivity index (χ4v) is 0.884. The molecule has 2 aliphatic rings. The van der Waals surface area contributed by atoms with Crippen LogP contribution in [0.3, 0.4) is 0 Å². The Hall–Kier alpha value is -1.31. The van der Waals surface area contributed by atoms with E-state index in [-0.39, 0.29) is 0 Å². The van der Waals surface area contributed by atoms with Gasteiger partial charge in [-0.05, 0) is 12.1 Å². The summed E-state index contributed by atoms with van der Waals surface area (Å²) < 4.78 is 0. The standard InChI is InChI=1S/C7H6N2/c1-3-8-5-7-6(1)2-4-9-7/h1-5,8H. The molecule has 0 saturated carbocycles. The van der Waals surface area contributed by atoms with Gasteiger partial charge in [0, 0.05) is 24.2 Å². The SMILES string of the molecule is c1cc2cc[nH]cc-2n1. The lowest BCUT2D eigenvalue weighted by molar-refractivity contribution is 1.28. The first-order valence-corrected chi connectivity index (χ1v) is 2.84. The van der Waals surface area contributed by atoms with E-state index in [9.17, 15) is 0 Å². The molecular weight excluding hydrogens is 112 g/mol. The molecule has 0 atom stereocenters. The van der Waals surface area contributed by atoms with Gasteiger partial charge >= 0.3 is 0 Å². The average molecular weight is 118 g/mol. The minimum atomic E-state index is 1.03. The molecule has 0 radical (unpaired) electrons. The smallest absolute Gasteiger partial charge is 0.0862 e. The number of H-pyrrole nitrogens is 1. The van der Waals surface area contributed by atoms with E-state index in [1.165, 1.54) is 5.56 Å². The number of nitrogens with one attached hydrogen (secondary N) is 1. The number of rotatable bonds is 0. The molecule has 2 rings (SSSR count). The van der Waals surface area contributed by atoms with E-state index in [1.807, 2.05) is 24.5 Å². The summed E-state index contributed by atoms with van der Waals surface area (Å²) in [7, 11) is 0. The van der Waals surface area contributed by atoms with Gasteiger partial charge in [-0.2, -0.15) is 0 Å². The molecule has 0 aromatic carbocycles. The van der Waals surface area contributed by atoms with Gasteiger partial charge in [0.2, 0.25) is 0 Å². The second-order valence-electron chi connectivity index (χ2n) is 1.93. The largest absolute Gasteiger partial charge is 0.366 e. The third-order valence-electron chi connectivity index (χ3n) is 1.34. The lowest BCUT2D eigenvalue weighted by Crippen LogP contribution is -1.75. The van der Waals surface area contributed by atoms with E-state index < -0.39 is 0 Å². The molecule has 0 aromatic heterocycles. The Bertz CT molecular complexity index is 247. The van der Waals surface area contributed by atoms with Crippen molar-refractivity contribution in [3.8, 4) is 11.3 Å². The Morgan fingerprint density at radius 2 is 2.33 bits per heavy atom. The second-order valence-corrected chi connectivity index (χ2v) is 1.93. The summed E-state index contributed by atoms with van der Waals surface area (Å²) in [5.41, 5.74) is 2.21. The highest BCUT2D eigenvalue weighted by molar-refractivity contribution is 5.58. The summed E-state index contributed by atoms with van der Waals surface area (Å²) in [5.74, 6) is 0. The van der Waals surface area contributed by atoms with Gasteiger partial charge in [0.05, 0.1) is 5.69 Å². The molecule has 2 aliphatic heterocycles. The Morgan fingerprint density at radius 1 is 1.33 bits per heavy atom. The maximum Gasteiger partial charge on any atom is 0.0862 e. The Labute approximate surface area is 52.9 Å². The van der Waals surface area contributed by atoms with Crippen molar-refractivity contribution in [1.29, 1.82) is 0 Å². The summed E-state index contributed by atoms with van der Waals surface area (Å²) >= 11 is 0. The van der Waals surface area contributed by atoms with Gasteiger partial charge in [-0.1, -0.05) is 0 Å². The number of hydrogen-bond donors (Lipinski definition) is 1. The summed E-state index contributed by atoms with van der Waals surface area (Å²) in [6, 6.07) is 3.99. The quantitative estimate of drug-likeness (QED) is 0.558. The van der Waals surface area contributed by atoms with E-state index in [2.05, 4.69) is 9.97 Å². The van der Waals surface area contributed by atoms with Crippen LogP contribution in [0.2, 0.25) is 0 Å². The highest BCUT2D eigenvalue weighted by atomic mass is 14.7. The molecule has 0 unspecified atom stereocenters. The van der Waals surface area contributed by atoms with Gasteiger partial charge in [-0.3, -0.25) is 4.98 Å². The van der Waals surface area contributed by atoms with Crippen molar-refractivity contribution in [1.82, 2.24) is 9.97 Å². The molecular formula is C7H6N2. The van der Waals surface area contributed by atoms with Crippen molar-refractivity contribution in [3.05, 3.63) is 30.7 Å². The Balaban J connectivity index is 2.79. The maximum atomic E-state index is 4.09. The Morgan fingerprint density at radius 3 is 3.22 bits per heavy atom. The molecule has 0 fully saturated rings. The molecule has 0 amide bonds. The first-order valence-electron chi connectivity index (χ1n) is 2.84. The number of pyridine rings is 1.